The van der Waals surface area contributed by atoms with Crippen LogP contribution in [-0.4, -0.2) is 24.6 Å². The Morgan fingerprint density at radius 1 is 1.03 bits per heavy atom. The van der Waals surface area contributed by atoms with Crippen molar-refractivity contribution >= 4 is 45.6 Å². The molecule has 1 amide bonds. The minimum absolute atomic E-state index is 0. The van der Waals surface area contributed by atoms with Gasteiger partial charge in [-0.05, 0) is 66.3 Å². The summed E-state index contributed by atoms with van der Waals surface area (Å²) >= 11 is 1.59. The molecule has 0 aliphatic carbocycles. The standard InChI is InChI=1S/C25H24N2O2S.ClH/c1-29-14-6-5-9-19-15-20(10-12-22(19)18-7-3-2-4-8-18)25(28)27-21-11-13-24-23(16-21)26-17-30-24;/h2-4,7-8,10-13,15-17H,5-6,9,14H2,1H3,(H,27,28);1H. The summed E-state index contributed by atoms with van der Waals surface area (Å²) in [6, 6.07) is 22.1. The number of fused-ring (bicyclic) bond motifs is 1. The molecule has 4 aromatic rings. The topological polar surface area (TPSA) is 51.2 Å². The maximum atomic E-state index is 12.9. The number of thiazole rings is 1. The minimum Gasteiger partial charge on any atom is -0.385 e. The molecule has 0 saturated carbocycles. The highest BCUT2D eigenvalue weighted by atomic mass is 35.5. The van der Waals surface area contributed by atoms with E-state index in [9.17, 15) is 4.79 Å². The van der Waals surface area contributed by atoms with Crippen molar-refractivity contribution in [3.05, 3.63) is 83.4 Å². The predicted molar refractivity (Wildman–Crippen MR) is 132 cm³/mol. The molecule has 160 valence electrons. The smallest absolute Gasteiger partial charge is 0.255 e. The molecule has 0 aliphatic heterocycles. The SMILES string of the molecule is COCCCCc1cc(C(=O)Nc2ccc3scnc3c2)ccc1-c1ccccc1.Cl. The van der Waals surface area contributed by atoms with E-state index in [1.54, 1.807) is 18.4 Å². The number of halogens is 1. The number of nitrogens with zero attached hydrogens (tertiary/aromatic N) is 1. The van der Waals surface area contributed by atoms with E-state index in [1.807, 2.05) is 54.0 Å². The van der Waals surface area contributed by atoms with Crippen LogP contribution in [0.2, 0.25) is 0 Å². The number of methoxy groups -OCH3 is 1. The van der Waals surface area contributed by atoms with Crippen LogP contribution < -0.4 is 5.32 Å². The number of hydrogen-bond acceptors (Lipinski definition) is 4. The maximum Gasteiger partial charge on any atom is 0.255 e. The number of carbonyl (C=O) groups is 1. The van der Waals surface area contributed by atoms with Gasteiger partial charge in [-0.25, -0.2) is 4.98 Å². The van der Waals surface area contributed by atoms with Gasteiger partial charge in [0, 0.05) is 25.0 Å². The van der Waals surface area contributed by atoms with Gasteiger partial charge in [0.1, 0.15) is 0 Å². The second-order valence-electron chi connectivity index (χ2n) is 7.18. The van der Waals surface area contributed by atoms with Crippen LogP contribution in [0, 0.1) is 0 Å². The Morgan fingerprint density at radius 2 is 1.87 bits per heavy atom. The van der Waals surface area contributed by atoms with Crippen LogP contribution in [0.5, 0.6) is 0 Å². The van der Waals surface area contributed by atoms with E-state index in [0.717, 1.165) is 41.8 Å². The molecule has 31 heavy (non-hydrogen) atoms. The fourth-order valence-corrected chi connectivity index (χ4v) is 4.20. The summed E-state index contributed by atoms with van der Waals surface area (Å²) in [7, 11) is 1.73. The molecule has 4 rings (SSSR count). The van der Waals surface area contributed by atoms with Crippen LogP contribution in [-0.2, 0) is 11.2 Å². The van der Waals surface area contributed by atoms with Gasteiger partial charge in [0.15, 0.2) is 0 Å². The van der Waals surface area contributed by atoms with Crippen molar-refractivity contribution in [1.82, 2.24) is 4.98 Å². The Balaban J connectivity index is 0.00000272. The third-order valence-electron chi connectivity index (χ3n) is 5.09. The van der Waals surface area contributed by atoms with Gasteiger partial charge in [0.2, 0.25) is 0 Å². The predicted octanol–water partition coefficient (Wildman–Crippen LogP) is 6.61. The van der Waals surface area contributed by atoms with E-state index in [-0.39, 0.29) is 18.3 Å². The number of nitrogens with one attached hydrogen (secondary N) is 1. The van der Waals surface area contributed by atoms with Crippen molar-refractivity contribution in [2.45, 2.75) is 19.3 Å². The number of aryl methyl sites for hydroxylation is 1. The van der Waals surface area contributed by atoms with Crippen LogP contribution in [0.1, 0.15) is 28.8 Å². The van der Waals surface area contributed by atoms with Crippen molar-refractivity contribution in [2.75, 3.05) is 19.0 Å². The summed E-state index contributed by atoms with van der Waals surface area (Å²) in [5.41, 5.74) is 7.65. The summed E-state index contributed by atoms with van der Waals surface area (Å²) in [4.78, 5) is 17.2. The van der Waals surface area contributed by atoms with Crippen molar-refractivity contribution in [3.8, 4) is 11.1 Å². The third-order valence-corrected chi connectivity index (χ3v) is 5.90. The van der Waals surface area contributed by atoms with Gasteiger partial charge in [-0.2, -0.15) is 0 Å². The molecular weight excluding hydrogens is 428 g/mol. The van der Waals surface area contributed by atoms with E-state index >= 15 is 0 Å². The number of hydrogen-bond donors (Lipinski definition) is 1. The first-order chi connectivity index (χ1) is 14.7. The molecule has 4 nitrogen and oxygen atoms in total. The lowest BCUT2D eigenvalue weighted by atomic mass is 9.94. The Bertz CT molecular complexity index is 1140. The molecular formula is C25H25ClN2O2S. The number of benzene rings is 3. The lowest BCUT2D eigenvalue weighted by Gasteiger charge is -2.13. The molecule has 0 saturated heterocycles. The van der Waals surface area contributed by atoms with Crippen LogP contribution in [0.3, 0.4) is 0 Å². The molecule has 1 heterocycles. The highest BCUT2D eigenvalue weighted by Crippen LogP contribution is 2.27. The van der Waals surface area contributed by atoms with Gasteiger partial charge in [-0.1, -0.05) is 36.4 Å². The number of amides is 1. The summed E-state index contributed by atoms with van der Waals surface area (Å²) in [5.74, 6) is -0.109. The molecule has 0 atom stereocenters. The summed E-state index contributed by atoms with van der Waals surface area (Å²) in [6.07, 6.45) is 2.91. The summed E-state index contributed by atoms with van der Waals surface area (Å²) < 4.78 is 6.29. The fourth-order valence-electron chi connectivity index (χ4n) is 3.54. The highest BCUT2D eigenvalue weighted by Gasteiger charge is 2.12. The van der Waals surface area contributed by atoms with Crippen molar-refractivity contribution in [2.24, 2.45) is 0 Å². The summed E-state index contributed by atoms with van der Waals surface area (Å²) in [5, 5.41) is 3.01. The largest absolute Gasteiger partial charge is 0.385 e. The Morgan fingerprint density at radius 3 is 2.68 bits per heavy atom. The molecule has 0 radical (unpaired) electrons. The normalized spacial score (nSPS) is 10.6. The average Bonchev–Trinajstić information content (AvgIpc) is 3.25. The van der Waals surface area contributed by atoms with Gasteiger partial charge in [0.05, 0.1) is 15.7 Å². The van der Waals surface area contributed by atoms with Crippen LogP contribution >= 0.6 is 23.7 Å². The van der Waals surface area contributed by atoms with Crippen LogP contribution in [0.15, 0.2) is 72.2 Å². The number of carbonyl (C=O) groups excluding carboxylic acids is 1. The second kappa shape index (κ2) is 11.0. The van der Waals surface area contributed by atoms with Gasteiger partial charge >= 0.3 is 0 Å². The van der Waals surface area contributed by atoms with Crippen LogP contribution in [0.25, 0.3) is 21.3 Å². The third kappa shape index (κ3) is 5.70. The molecule has 6 heteroatoms. The van der Waals surface area contributed by atoms with E-state index in [2.05, 4.69) is 28.5 Å². The Hall–Kier alpha value is -2.73. The van der Waals surface area contributed by atoms with E-state index in [1.165, 1.54) is 16.7 Å². The number of anilines is 1. The monoisotopic (exact) mass is 452 g/mol. The molecule has 0 fully saturated rings. The molecule has 0 spiro atoms. The Kier molecular flexibility index (Phi) is 8.18. The van der Waals surface area contributed by atoms with Gasteiger partial charge < -0.3 is 10.1 Å². The van der Waals surface area contributed by atoms with Gasteiger partial charge in [-0.15, -0.1) is 23.7 Å². The first-order valence-corrected chi connectivity index (χ1v) is 10.9. The van der Waals surface area contributed by atoms with Crippen molar-refractivity contribution < 1.29 is 9.53 Å². The van der Waals surface area contributed by atoms with E-state index < -0.39 is 0 Å². The van der Waals surface area contributed by atoms with E-state index in [0.29, 0.717) is 5.56 Å². The minimum atomic E-state index is -0.109. The zero-order valence-corrected chi connectivity index (χ0v) is 19.0. The van der Waals surface area contributed by atoms with E-state index in [4.69, 9.17) is 4.74 Å². The van der Waals surface area contributed by atoms with Gasteiger partial charge in [-0.3, -0.25) is 4.79 Å². The Labute approximate surface area is 192 Å². The first kappa shape index (κ1) is 22.9. The van der Waals surface area contributed by atoms with Crippen molar-refractivity contribution in [1.29, 1.82) is 0 Å². The second-order valence-corrected chi connectivity index (χ2v) is 8.06. The molecule has 0 bridgehead atoms. The number of ether oxygens (including phenoxy) is 1. The number of aromatic nitrogens is 1. The molecule has 1 N–H and O–H groups in total. The molecule has 0 aliphatic rings. The molecule has 3 aromatic carbocycles. The van der Waals surface area contributed by atoms with Gasteiger partial charge in [0.25, 0.3) is 5.91 Å². The number of rotatable bonds is 8. The molecule has 1 aromatic heterocycles. The highest BCUT2D eigenvalue weighted by molar-refractivity contribution is 7.16. The van der Waals surface area contributed by atoms with Crippen LogP contribution in [0.4, 0.5) is 5.69 Å². The molecule has 0 unspecified atom stereocenters. The lowest BCUT2D eigenvalue weighted by molar-refractivity contribution is 0.102. The average molecular weight is 453 g/mol. The lowest BCUT2D eigenvalue weighted by Crippen LogP contribution is -2.12. The fraction of sp³-hybridized carbons (Fsp3) is 0.200. The van der Waals surface area contributed by atoms with Crippen molar-refractivity contribution in [3.63, 3.8) is 0 Å². The maximum absolute atomic E-state index is 12.9. The number of unbranched alkanes of at least 4 members (excludes halogenated alkanes) is 1. The quantitative estimate of drug-likeness (QED) is 0.306. The first-order valence-electron chi connectivity index (χ1n) is 10.1. The zero-order chi connectivity index (χ0) is 20.8. The zero-order valence-electron chi connectivity index (χ0n) is 17.3. The summed E-state index contributed by atoms with van der Waals surface area (Å²) in [6.45, 7) is 0.750.